The van der Waals surface area contributed by atoms with Crippen LogP contribution in [0.5, 0.6) is 5.75 Å². The average Bonchev–Trinajstić information content (AvgIpc) is 2.45. The molecule has 1 N–H and O–H groups in total. The van der Waals surface area contributed by atoms with Crippen LogP contribution in [0.2, 0.25) is 0 Å². The Bertz CT molecular complexity index is 491. The first kappa shape index (κ1) is 16.7. The maximum absolute atomic E-state index is 12.2. The van der Waals surface area contributed by atoms with E-state index in [1.165, 1.54) is 0 Å². The Hall–Kier alpha value is -1.40. The minimum atomic E-state index is -0.101. The van der Waals surface area contributed by atoms with Crippen molar-refractivity contribution >= 4 is 27.6 Å². The monoisotopic (exact) mass is 342 g/mol. The molecule has 1 rings (SSSR count). The minimum absolute atomic E-state index is 0.0286. The molecule has 0 atom stereocenters. The van der Waals surface area contributed by atoms with Crippen LogP contribution >= 0.6 is 15.9 Å². The number of ether oxygens (including phenoxy) is 1. The van der Waals surface area contributed by atoms with Crippen LogP contribution in [0.4, 0.5) is 0 Å². The maximum atomic E-state index is 12.2. The van der Waals surface area contributed by atoms with Gasteiger partial charge in [0.05, 0.1) is 24.7 Å². The van der Waals surface area contributed by atoms with Crippen LogP contribution < -0.4 is 10.1 Å². The van der Waals surface area contributed by atoms with E-state index in [0.717, 1.165) is 4.47 Å². The van der Waals surface area contributed by atoms with Crippen molar-refractivity contribution in [2.45, 2.75) is 6.92 Å². The second kappa shape index (κ2) is 8.01. The van der Waals surface area contributed by atoms with Gasteiger partial charge in [0.25, 0.3) is 0 Å². The average molecular weight is 343 g/mol. The van der Waals surface area contributed by atoms with Gasteiger partial charge in [0.1, 0.15) is 5.75 Å². The number of hydrogen-bond donors (Lipinski definition) is 1. The third-order valence-corrected chi connectivity index (χ3v) is 3.55. The van der Waals surface area contributed by atoms with Crippen molar-refractivity contribution in [2.75, 3.05) is 33.8 Å². The number of Topliss-reactive ketones (excluding diaryl/α,β-unsaturated/α-hetero) is 1. The summed E-state index contributed by atoms with van der Waals surface area (Å²) < 4.78 is 5.86. The lowest BCUT2D eigenvalue weighted by atomic mass is 10.1. The van der Waals surface area contributed by atoms with Gasteiger partial charge in [0.2, 0.25) is 5.91 Å². The van der Waals surface area contributed by atoms with E-state index in [9.17, 15) is 9.59 Å². The van der Waals surface area contributed by atoms with Gasteiger partial charge >= 0.3 is 0 Å². The summed E-state index contributed by atoms with van der Waals surface area (Å²) in [6, 6.07) is 5.20. The van der Waals surface area contributed by atoms with Crippen molar-refractivity contribution in [3.63, 3.8) is 0 Å². The molecule has 0 spiro atoms. The summed E-state index contributed by atoms with van der Waals surface area (Å²) in [6.07, 6.45) is 0. The molecule has 0 aliphatic rings. The molecule has 0 aromatic heterocycles. The van der Waals surface area contributed by atoms with Crippen LogP contribution in [-0.4, -0.2) is 50.4 Å². The topological polar surface area (TPSA) is 58.6 Å². The van der Waals surface area contributed by atoms with Crippen LogP contribution in [0.1, 0.15) is 17.3 Å². The van der Waals surface area contributed by atoms with E-state index in [-0.39, 0.29) is 24.8 Å². The summed E-state index contributed by atoms with van der Waals surface area (Å²) in [5, 5.41) is 2.55. The molecule has 20 heavy (non-hydrogen) atoms. The minimum Gasteiger partial charge on any atom is -0.496 e. The lowest BCUT2D eigenvalue weighted by Gasteiger charge is -2.18. The Morgan fingerprint density at radius 2 is 2.05 bits per heavy atom. The number of carbonyl (C=O) groups is 2. The zero-order chi connectivity index (χ0) is 15.1. The van der Waals surface area contributed by atoms with Gasteiger partial charge in [-0.3, -0.25) is 14.5 Å². The number of hydrogen-bond acceptors (Lipinski definition) is 4. The van der Waals surface area contributed by atoms with Crippen molar-refractivity contribution < 1.29 is 14.3 Å². The van der Waals surface area contributed by atoms with Gasteiger partial charge in [-0.25, -0.2) is 0 Å². The van der Waals surface area contributed by atoms with Crippen molar-refractivity contribution in [2.24, 2.45) is 0 Å². The number of carbonyl (C=O) groups excluding carboxylic acids is 2. The zero-order valence-corrected chi connectivity index (χ0v) is 13.5. The lowest BCUT2D eigenvalue weighted by molar-refractivity contribution is -0.121. The van der Waals surface area contributed by atoms with E-state index in [1.54, 1.807) is 37.3 Å². The molecule has 0 radical (unpaired) electrons. The van der Waals surface area contributed by atoms with Crippen LogP contribution in [-0.2, 0) is 4.79 Å². The highest BCUT2D eigenvalue weighted by Gasteiger charge is 2.15. The van der Waals surface area contributed by atoms with E-state index in [2.05, 4.69) is 21.2 Å². The summed E-state index contributed by atoms with van der Waals surface area (Å²) >= 11 is 3.36. The third-order valence-electron chi connectivity index (χ3n) is 2.93. The second-order valence-corrected chi connectivity index (χ2v) is 5.10. The third kappa shape index (κ3) is 4.61. The number of rotatable bonds is 7. The second-order valence-electron chi connectivity index (χ2n) is 4.25. The van der Waals surface area contributed by atoms with Crippen molar-refractivity contribution in [1.29, 1.82) is 0 Å². The highest BCUT2D eigenvalue weighted by molar-refractivity contribution is 9.10. The van der Waals surface area contributed by atoms with E-state index in [1.807, 2.05) is 6.92 Å². The number of amides is 1. The fourth-order valence-corrected chi connectivity index (χ4v) is 2.24. The fourth-order valence-electron chi connectivity index (χ4n) is 1.70. The molecule has 5 nitrogen and oxygen atoms in total. The largest absolute Gasteiger partial charge is 0.496 e. The predicted octanol–water partition coefficient (Wildman–Crippen LogP) is 1.71. The van der Waals surface area contributed by atoms with Gasteiger partial charge in [-0.1, -0.05) is 6.92 Å². The zero-order valence-electron chi connectivity index (χ0n) is 11.9. The number of ketones is 1. The first-order chi connectivity index (χ1) is 9.51. The summed E-state index contributed by atoms with van der Waals surface area (Å²) in [5.41, 5.74) is 0.591. The number of likely N-dealkylation sites (N-methyl/N-ethyl adjacent to an activating group) is 2. The Morgan fingerprint density at radius 1 is 1.35 bits per heavy atom. The van der Waals surface area contributed by atoms with Crippen LogP contribution in [0, 0.1) is 0 Å². The maximum Gasteiger partial charge on any atom is 0.233 e. The molecule has 0 aliphatic carbocycles. The van der Waals surface area contributed by atoms with Gasteiger partial charge in [0.15, 0.2) is 5.78 Å². The normalized spacial score (nSPS) is 10.4. The summed E-state index contributed by atoms with van der Waals surface area (Å²) in [7, 11) is 3.16. The lowest BCUT2D eigenvalue weighted by Crippen LogP contribution is -2.38. The van der Waals surface area contributed by atoms with Crippen LogP contribution in [0.15, 0.2) is 22.7 Å². The quantitative estimate of drug-likeness (QED) is 0.766. The van der Waals surface area contributed by atoms with Gasteiger partial charge in [-0.15, -0.1) is 0 Å². The summed E-state index contributed by atoms with van der Waals surface area (Å²) in [5.74, 6) is 0.550. The smallest absolute Gasteiger partial charge is 0.233 e. The van der Waals surface area contributed by atoms with Gasteiger partial charge in [-0.05, 0) is 40.7 Å². The van der Waals surface area contributed by atoms with Gasteiger partial charge < -0.3 is 10.1 Å². The molecular formula is C14H19BrN2O3. The SMILES string of the molecule is CCN(CC(=O)NC)CC(=O)c1ccc(OC)c(Br)c1. The highest BCUT2D eigenvalue weighted by atomic mass is 79.9. The van der Waals surface area contributed by atoms with Crippen molar-refractivity contribution in [3.8, 4) is 5.75 Å². The summed E-state index contributed by atoms with van der Waals surface area (Å²) in [6.45, 7) is 2.98. The molecule has 1 aromatic carbocycles. The Labute approximate surface area is 127 Å². The molecule has 0 aliphatic heterocycles. The molecule has 0 heterocycles. The van der Waals surface area contributed by atoms with E-state index >= 15 is 0 Å². The molecule has 0 fully saturated rings. The predicted molar refractivity (Wildman–Crippen MR) is 81.2 cm³/mol. The number of nitrogens with one attached hydrogen (secondary N) is 1. The van der Waals surface area contributed by atoms with Crippen LogP contribution in [0.25, 0.3) is 0 Å². The molecule has 0 unspecified atom stereocenters. The molecular weight excluding hydrogens is 324 g/mol. The van der Waals surface area contributed by atoms with E-state index in [4.69, 9.17) is 4.74 Å². The molecule has 1 aromatic rings. The fraction of sp³-hybridized carbons (Fsp3) is 0.429. The number of benzene rings is 1. The van der Waals surface area contributed by atoms with Crippen molar-refractivity contribution in [1.82, 2.24) is 10.2 Å². The Kier molecular flexibility index (Phi) is 6.67. The number of halogens is 1. The van der Waals surface area contributed by atoms with Crippen molar-refractivity contribution in [3.05, 3.63) is 28.2 Å². The van der Waals surface area contributed by atoms with E-state index < -0.39 is 0 Å². The summed E-state index contributed by atoms with van der Waals surface area (Å²) in [4.78, 5) is 25.3. The Morgan fingerprint density at radius 3 is 2.55 bits per heavy atom. The molecule has 110 valence electrons. The molecule has 0 bridgehead atoms. The molecule has 0 saturated carbocycles. The first-order valence-corrected chi connectivity index (χ1v) is 7.10. The van der Waals surface area contributed by atoms with Crippen LogP contribution in [0.3, 0.4) is 0 Å². The van der Waals surface area contributed by atoms with Gasteiger partial charge in [-0.2, -0.15) is 0 Å². The molecule has 1 amide bonds. The molecule has 6 heteroatoms. The van der Waals surface area contributed by atoms with E-state index in [0.29, 0.717) is 17.9 Å². The highest BCUT2D eigenvalue weighted by Crippen LogP contribution is 2.25. The standard InChI is InChI=1S/C14H19BrN2O3/c1-4-17(9-14(19)16-2)8-12(18)10-5-6-13(20-3)11(15)7-10/h5-7H,4,8-9H2,1-3H3,(H,16,19). The number of nitrogens with zero attached hydrogens (tertiary/aromatic N) is 1. The Balaban J connectivity index is 2.74. The number of methoxy groups -OCH3 is 1. The molecule has 0 saturated heterocycles. The van der Waals surface area contributed by atoms with Gasteiger partial charge in [0, 0.05) is 12.6 Å². The first-order valence-electron chi connectivity index (χ1n) is 6.31.